The Morgan fingerprint density at radius 3 is 2.65 bits per heavy atom. The SMILES string of the molecule is CCC1(c2ccc3cc(OC)ccc3c2)OC[C@@H](C(=O)OC)O1. The highest BCUT2D eigenvalue weighted by Gasteiger charge is 2.45. The van der Waals surface area contributed by atoms with E-state index in [1.807, 2.05) is 43.3 Å². The van der Waals surface area contributed by atoms with Gasteiger partial charge in [-0.25, -0.2) is 4.79 Å². The zero-order chi connectivity index (χ0) is 16.4. The summed E-state index contributed by atoms with van der Waals surface area (Å²) < 4.78 is 21.8. The maximum Gasteiger partial charge on any atom is 0.337 e. The monoisotopic (exact) mass is 316 g/mol. The van der Waals surface area contributed by atoms with Gasteiger partial charge in [0.15, 0.2) is 11.9 Å². The molecular formula is C18H20O5. The molecule has 5 nitrogen and oxygen atoms in total. The molecule has 3 rings (SSSR count). The summed E-state index contributed by atoms with van der Waals surface area (Å²) in [5, 5.41) is 2.13. The summed E-state index contributed by atoms with van der Waals surface area (Å²) in [4.78, 5) is 11.7. The fourth-order valence-corrected chi connectivity index (χ4v) is 2.88. The van der Waals surface area contributed by atoms with Crippen LogP contribution < -0.4 is 4.74 Å². The lowest BCUT2D eigenvalue weighted by Crippen LogP contribution is -2.30. The number of carbonyl (C=O) groups is 1. The van der Waals surface area contributed by atoms with Gasteiger partial charge in [-0.2, -0.15) is 0 Å². The largest absolute Gasteiger partial charge is 0.497 e. The summed E-state index contributed by atoms with van der Waals surface area (Å²) in [6, 6.07) is 11.9. The first-order valence-corrected chi connectivity index (χ1v) is 7.60. The maximum absolute atomic E-state index is 11.7. The van der Waals surface area contributed by atoms with E-state index in [0.29, 0.717) is 6.42 Å². The van der Waals surface area contributed by atoms with Crippen molar-refractivity contribution in [1.29, 1.82) is 0 Å². The number of esters is 1. The normalized spacial score (nSPS) is 23.9. The average Bonchev–Trinajstić information content (AvgIpc) is 3.06. The third-order valence-electron chi connectivity index (χ3n) is 4.22. The van der Waals surface area contributed by atoms with Gasteiger partial charge in [-0.3, -0.25) is 0 Å². The lowest BCUT2D eigenvalue weighted by atomic mass is 9.99. The number of rotatable bonds is 4. The number of ether oxygens (including phenoxy) is 4. The van der Waals surface area contributed by atoms with E-state index in [2.05, 4.69) is 0 Å². The van der Waals surface area contributed by atoms with Crippen LogP contribution in [-0.4, -0.2) is 32.9 Å². The highest BCUT2D eigenvalue weighted by Crippen LogP contribution is 2.39. The summed E-state index contributed by atoms with van der Waals surface area (Å²) in [7, 11) is 3.00. The van der Waals surface area contributed by atoms with Gasteiger partial charge in [0, 0.05) is 12.0 Å². The van der Waals surface area contributed by atoms with Crippen LogP contribution in [0.3, 0.4) is 0 Å². The van der Waals surface area contributed by atoms with Gasteiger partial charge in [0.1, 0.15) is 5.75 Å². The predicted molar refractivity (Wildman–Crippen MR) is 85.3 cm³/mol. The van der Waals surface area contributed by atoms with Crippen molar-refractivity contribution < 1.29 is 23.7 Å². The molecule has 5 heteroatoms. The van der Waals surface area contributed by atoms with Gasteiger partial charge in [0.05, 0.1) is 20.8 Å². The molecule has 23 heavy (non-hydrogen) atoms. The Hall–Kier alpha value is -2.11. The molecule has 2 aromatic carbocycles. The molecule has 1 aliphatic rings. The molecule has 2 aromatic rings. The van der Waals surface area contributed by atoms with Crippen molar-refractivity contribution in [2.45, 2.75) is 25.2 Å². The molecule has 1 heterocycles. The van der Waals surface area contributed by atoms with E-state index < -0.39 is 17.9 Å². The van der Waals surface area contributed by atoms with Crippen LogP contribution in [-0.2, 0) is 24.8 Å². The lowest BCUT2D eigenvalue weighted by Gasteiger charge is -2.27. The summed E-state index contributed by atoms with van der Waals surface area (Å²) in [5.41, 5.74) is 0.893. The Bertz CT molecular complexity index is 726. The van der Waals surface area contributed by atoms with Crippen LogP contribution in [0.5, 0.6) is 5.75 Å². The standard InChI is InChI=1S/C18H20O5/c1-4-18(22-11-16(23-18)17(19)21-3)14-7-5-13-10-15(20-2)8-6-12(13)9-14/h5-10,16H,4,11H2,1-3H3/t16-,18?/m0/s1. The molecule has 0 bridgehead atoms. The molecular weight excluding hydrogens is 296 g/mol. The van der Waals surface area contributed by atoms with E-state index in [9.17, 15) is 4.79 Å². The van der Waals surface area contributed by atoms with Gasteiger partial charge in [-0.1, -0.05) is 25.1 Å². The van der Waals surface area contributed by atoms with E-state index in [-0.39, 0.29) is 6.61 Å². The molecule has 0 aliphatic carbocycles. The molecule has 0 spiro atoms. The minimum absolute atomic E-state index is 0.196. The zero-order valence-corrected chi connectivity index (χ0v) is 13.5. The second-order valence-electron chi connectivity index (χ2n) is 5.47. The number of hydrogen-bond acceptors (Lipinski definition) is 5. The van der Waals surface area contributed by atoms with Crippen LogP contribution in [0.1, 0.15) is 18.9 Å². The molecule has 0 aromatic heterocycles. The van der Waals surface area contributed by atoms with E-state index in [4.69, 9.17) is 18.9 Å². The maximum atomic E-state index is 11.7. The first-order chi connectivity index (χ1) is 11.1. The van der Waals surface area contributed by atoms with E-state index in [1.54, 1.807) is 7.11 Å². The van der Waals surface area contributed by atoms with Crippen LogP contribution in [0.25, 0.3) is 10.8 Å². The van der Waals surface area contributed by atoms with Crippen molar-refractivity contribution in [1.82, 2.24) is 0 Å². The van der Waals surface area contributed by atoms with Gasteiger partial charge in [0.25, 0.3) is 0 Å². The third kappa shape index (κ3) is 2.78. The number of methoxy groups -OCH3 is 2. The molecule has 1 fully saturated rings. The average molecular weight is 316 g/mol. The smallest absolute Gasteiger partial charge is 0.337 e. The molecule has 0 saturated carbocycles. The number of carbonyl (C=O) groups excluding carboxylic acids is 1. The van der Waals surface area contributed by atoms with E-state index >= 15 is 0 Å². The summed E-state index contributed by atoms with van der Waals surface area (Å²) >= 11 is 0. The van der Waals surface area contributed by atoms with Crippen molar-refractivity contribution >= 4 is 16.7 Å². The fraction of sp³-hybridized carbons (Fsp3) is 0.389. The molecule has 2 atom stereocenters. The summed E-state index contributed by atoms with van der Waals surface area (Å²) in [6.45, 7) is 2.17. The number of fused-ring (bicyclic) bond motifs is 1. The zero-order valence-electron chi connectivity index (χ0n) is 13.5. The van der Waals surface area contributed by atoms with Crippen LogP contribution in [0.2, 0.25) is 0 Å². The van der Waals surface area contributed by atoms with Gasteiger partial charge in [-0.05, 0) is 29.0 Å². The minimum Gasteiger partial charge on any atom is -0.497 e. The van der Waals surface area contributed by atoms with Crippen molar-refractivity contribution in [3.05, 3.63) is 42.0 Å². The molecule has 0 amide bonds. The Morgan fingerprint density at radius 2 is 1.96 bits per heavy atom. The van der Waals surface area contributed by atoms with E-state index in [0.717, 1.165) is 22.1 Å². The fourth-order valence-electron chi connectivity index (χ4n) is 2.88. The molecule has 122 valence electrons. The number of hydrogen-bond donors (Lipinski definition) is 0. The van der Waals surface area contributed by atoms with Gasteiger partial charge >= 0.3 is 5.97 Å². The number of benzene rings is 2. The minimum atomic E-state index is -0.910. The van der Waals surface area contributed by atoms with Crippen molar-refractivity contribution in [2.75, 3.05) is 20.8 Å². The predicted octanol–water partition coefficient (Wildman–Crippen LogP) is 3.00. The summed E-state index contributed by atoms with van der Waals surface area (Å²) in [5.74, 6) is -0.507. The van der Waals surface area contributed by atoms with Crippen LogP contribution in [0.4, 0.5) is 0 Å². The first-order valence-electron chi connectivity index (χ1n) is 7.60. The quantitative estimate of drug-likeness (QED) is 0.812. The van der Waals surface area contributed by atoms with Gasteiger partial charge in [-0.15, -0.1) is 0 Å². The Labute approximate surface area is 135 Å². The Kier molecular flexibility index (Phi) is 4.24. The summed E-state index contributed by atoms with van der Waals surface area (Å²) in [6.07, 6.45) is -0.0891. The second-order valence-corrected chi connectivity index (χ2v) is 5.47. The Morgan fingerprint density at radius 1 is 1.22 bits per heavy atom. The van der Waals surface area contributed by atoms with Crippen molar-refractivity contribution in [3.63, 3.8) is 0 Å². The molecule has 0 radical (unpaired) electrons. The topological polar surface area (TPSA) is 54.0 Å². The molecule has 1 aliphatic heterocycles. The van der Waals surface area contributed by atoms with Crippen LogP contribution in [0, 0.1) is 0 Å². The highest BCUT2D eigenvalue weighted by atomic mass is 16.8. The highest BCUT2D eigenvalue weighted by molar-refractivity contribution is 5.84. The van der Waals surface area contributed by atoms with Crippen LogP contribution in [0.15, 0.2) is 36.4 Å². The third-order valence-corrected chi connectivity index (χ3v) is 4.22. The van der Waals surface area contributed by atoms with Gasteiger partial charge < -0.3 is 18.9 Å². The molecule has 0 N–H and O–H groups in total. The lowest BCUT2D eigenvalue weighted by molar-refractivity contribution is -0.189. The molecule has 1 unspecified atom stereocenters. The Balaban J connectivity index is 1.96. The van der Waals surface area contributed by atoms with Crippen molar-refractivity contribution in [3.8, 4) is 5.75 Å². The van der Waals surface area contributed by atoms with E-state index in [1.165, 1.54) is 7.11 Å². The van der Waals surface area contributed by atoms with Gasteiger partial charge in [0.2, 0.25) is 0 Å². The second kappa shape index (κ2) is 6.18. The van der Waals surface area contributed by atoms with Crippen molar-refractivity contribution in [2.24, 2.45) is 0 Å². The first kappa shape index (κ1) is 15.8. The van der Waals surface area contributed by atoms with Crippen LogP contribution >= 0.6 is 0 Å². The molecule has 1 saturated heterocycles.